The lowest BCUT2D eigenvalue weighted by Gasteiger charge is -2.47. The van der Waals surface area contributed by atoms with E-state index in [1.807, 2.05) is 0 Å². The van der Waals surface area contributed by atoms with Gasteiger partial charge in [-0.15, -0.1) is 0 Å². The Hall–Kier alpha value is -2.51. The number of nitrogens with zero attached hydrogens (tertiary/aromatic N) is 2. The lowest BCUT2D eigenvalue weighted by molar-refractivity contribution is -0.149. The Bertz CT molecular complexity index is 947. The summed E-state index contributed by atoms with van der Waals surface area (Å²) in [6.45, 7) is -0.163. The summed E-state index contributed by atoms with van der Waals surface area (Å²) in [5.74, 6) is -2.03. The van der Waals surface area contributed by atoms with E-state index in [9.17, 15) is 23.5 Å². The minimum atomic E-state index is -0.820. The Morgan fingerprint density at radius 1 is 1.07 bits per heavy atom. The summed E-state index contributed by atoms with van der Waals surface area (Å²) in [7, 11) is 0. The van der Waals surface area contributed by atoms with Crippen molar-refractivity contribution in [2.45, 2.75) is 31.5 Å². The maximum absolute atomic E-state index is 14.4. The van der Waals surface area contributed by atoms with Gasteiger partial charge in [0.2, 0.25) is 5.91 Å². The molecule has 5 nitrogen and oxygen atoms in total. The number of halogens is 3. The van der Waals surface area contributed by atoms with E-state index in [2.05, 4.69) is 0 Å². The van der Waals surface area contributed by atoms with Gasteiger partial charge in [-0.05, 0) is 54.7 Å². The SMILES string of the molecule is O=C1C([C@H]2C[C@@H](O)C2)N(Cc2ccc(F)cc2)C(=O)CN1c1ccc(Cl)cc1F. The first-order valence-corrected chi connectivity index (χ1v) is 9.69. The van der Waals surface area contributed by atoms with E-state index in [-0.39, 0.29) is 35.6 Å². The Kier molecular flexibility index (Phi) is 5.27. The lowest BCUT2D eigenvalue weighted by atomic mass is 9.75. The van der Waals surface area contributed by atoms with Gasteiger partial charge in [0.05, 0.1) is 11.8 Å². The normalized spacial score (nSPS) is 24.6. The summed E-state index contributed by atoms with van der Waals surface area (Å²) in [5.41, 5.74) is 0.683. The average Bonchev–Trinajstić information content (AvgIpc) is 2.65. The summed E-state index contributed by atoms with van der Waals surface area (Å²) in [4.78, 5) is 28.8. The van der Waals surface area contributed by atoms with Crippen LogP contribution in [0.4, 0.5) is 14.5 Å². The first-order chi connectivity index (χ1) is 13.8. The standard InChI is InChI=1S/C21H19ClF2N2O3/c22-14-3-6-18(17(24)9-14)25-11-19(28)26(10-12-1-4-15(23)5-2-12)20(21(25)29)13-7-16(27)8-13/h1-6,9,13,16,20,27H,7-8,10-11H2/t13-,16+,20?. The smallest absolute Gasteiger partial charge is 0.250 e. The first-order valence-electron chi connectivity index (χ1n) is 9.32. The van der Waals surface area contributed by atoms with Crippen LogP contribution in [0.2, 0.25) is 5.02 Å². The number of hydrogen-bond acceptors (Lipinski definition) is 3. The molecule has 0 aromatic heterocycles. The number of carbonyl (C=O) groups is 2. The number of rotatable bonds is 4. The highest BCUT2D eigenvalue weighted by Crippen LogP contribution is 2.37. The zero-order valence-corrected chi connectivity index (χ0v) is 16.1. The lowest BCUT2D eigenvalue weighted by Crippen LogP contribution is -2.64. The molecule has 1 aliphatic carbocycles. The van der Waals surface area contributed by atoms with Gasteiger partial charge in [0.15, 0.2) is 0 Å². The molecule has 4 rings (SSSR count). The van der Waals surface area contributed by atoms with Gasteiger partial charge in [0.25, 0.3) is 5.91 Å². The second kappa shape index (κ2) is 7.72. The highest BCUT2D eigenvalue weighted by atomic mass is 35.5. The number of amides is 2. The molecule has 2 aromatic carbocycles. The number of aliphatic hydroxyl groups excluding tert-OH is 1. The molecule has 152 valence electrons. The van der Waals surface area contributed by atoms with Gasteiger partial charge in [-0.1, -0.05) is 23.7 Å². The molecule has 0 spiro atoms. The van der Waals surface area contributed by atoms with Crippen LogP contribution in [-0.4, -0.2) is 40.5 Å². The van der Waals surface area contributed by atoms with Crippen molar-refractivity contribution in [3.8, 4) is 0 Å². The van der Waals surface area contributed by atoms with E-state index in [1.165, 1.54) is 29.2 Å². The first kappa shape index (κ1) is 19.8. The number of hydrogen-bond donors (Lipinski definition) is 1. The molecular weight excluding hydrogens is 402 g/mol. The number of carbonyl (C=O) groups excluding carboxylic acids is 2. The summed E-state index contributed by atoms with van der Waals surface area (Å²) in [6, 6.07) is 8.83. The summed E-state index contributed by atoms with van der Waals surface area (Å²) in [5, 5.41) is 9.91. The quantitative estimate of drug-likeness (QED) is 0.826. The summed E-state index contributed by atoms with van der Waals surface area (Å²) in [6.07, 6.45) is 0.263. The molecule has 8 heteroatoms. The monoisotopic (exact) mass is 420 g/mol. The van der Waals surface area contributed by atoms with E-state index in [1.54, 1.807) is 12.1 Å². The maximum atomic E-state index is 14.4. The van der Waals surface area contributed by atoms with Crippen molar-refractivity contribution in [2.75, 3.05) is 11.4 Å². The van der Waals surface area contributed by atoms with Gasteiger partial charge >= 0.3 is 0 Å². The van der Waals surface area contributed by atoms with Crippen LogP contribution in [0.1, 0.15) is 18.4 Å². The fourth-order valence-electron chi connectivity index (χ4n) is 3.97. The van der Waals surface area contributed by atoms with Crippen LogP contribution in [-0.2, 0) is 16.1 Å². The maximum Gasteiger partial charge on any atom is 0.250 e. The van der Waals surface area contributed by atoms with Crippen molar-refractivity contribution in [3.05, 3.63) is 64.7 Å². The van der Waals surface area contributed by atoms with Gasteiger partial charge in [-0.25, -0.2) is 8.78 Å². The molecule has 1 unspecified atom stereocenters. The molecule has 1 saturated heterocycles. The zero-order valence-electron chi connectivity index (χ0n) is 15.4. The zero-order chi connectivity index (χ0) is 20.7. The predicted molar refractivity (Wildman–Crippen MR) is 103 cm³/mol. The molecule has 2 aliphatic rings. The van der Waals surface area contributed by atoms with Gasteiger partial charge in [-0.2, -0.15) is 0 Å². The predicted octanol–water partition coefficient (Wildman–Crippen LogP) is 3.13. The topological polar surface area (TPSA) is 60.9 Å². The summed E-state index contributed by atoms with van der Waals surface area (Å²) >= 11 is 5.80. The Morgan fingerprint density at radius 2 is 1.76 bits per heavy atom. The van der Waals surface area contributed by atoms with Gasteiger partial charge < -0.3 is 10.0 Å². The van der Waals surface area contributed by atoms with Gasteiger partial charge in [0.1, 0.15) is 24.2 Å². The van der Waals surface area contributed by atoms with Crippen LogP contribution in [0.3, 0.4) is 0 Å². The van der Waals surface area contributed by atoms with Crippen molar-refractivity contribution >= 4 is 29.1 Å². The third-order valence-corrected chi connectivity index (χ3v) is 5.77. The molecule has 0 radical (unpaired) electrons. The minimum Gasteiger partial charge on any atom is -0.393 e. The molecule has 1 atom stereocenters. The molecular formula is C21H19ClF2N2O3. The third-order valence-electron chi connectivity index (χ3n) is 5.53. The molecule has 29 heavy (non-hydrogen) atoms. The van der Waals surface area contributed by atoms with Crippen molar-refractivity contribution < 1.29 is 23.5 Å². The van der Waals surface area contributed by atoms with Crippen LogP contribution >= 0.6 is 11.6 Å². The van der Waals surface area contributed by atoms with Crippen LogP contribution in [0.15, 0.2) is 42.5 Å². The van der Waals surface area contributed by atoms with Crippen LogP contribution in [0.25, 0.3) is 0 Å². The fraction of sp³-hybridized carbons (Fsp3) is 0.333. The highest BCUT2D eigenvalue weighted by Gasteiger charge is 2.48. The Labute approximate surface area is 171 Å². The molecule has 2 amide bonds. The second-order valence-corrected chi connectivity index (χ2v) is 7.93. The molecule has 1 N–H and O–H groups in total. The number of aliphatic hydroxyl groups is 1. The van der Waals surface area contributed by atoms with Crippen molar-refractivity contribution in [3.63, 3.8) is 0 Å². The molecule has 1 aliphatic heterocycles. The average molecular weight is 421 g/mol. The van der Waals surface area contributed by atoms with Crippen LogP contribution in [0.5, 0.6) is 0 Å². The number of anilines is 1. The highest BCUT2D eigenvalue weighted by molar-refractivity contribution is 6.30. The minimum absolute atomic E-state index is 0.000876. The number of benzene rings is 2. The van der Waals surface area contributed by atoms with Crippen LogP contribution in [0, 0.1) is 17.6 Å². The Balaban J connectivity index is 1.65. The van der Waals surface area contributed by atoms with Crippen molar-refractivity contribution in [1.82, 2.24) is 4.90 Å². The molecule has 1 heterocycles. The van der Waals surface area contributed by atoms with Gasteiger partial charge in [0, 0.05) is 11.6 Å². The van der Waals surface area contributed by atoms with E-state index in [0.717, 1.165) is 11.0 Å². The molecule has 2 aromatic rings. The van der Waals surface area contributed by atoms with E-state index >= 15 is 0 Å². The van der Waals surface area contributed by atoms with E-state index in [4.69, 9.17) is 11.6 Å². The molecule has 0 bridgehead atoms. The Morgan fingerprint density at radius 3 is 2.38 bits per heavy atom. The van der Waals surface area contributed by atoms with E-state index < -0.39 is 29.7 Å². The van der Waals surface area contributed by atoms with Crippen molar-refractivity contribution in [1.29, 1.82) is 0 Å². The van der Waals surface area contributed by atoms with Crippen molar-refractivity contribution in [2.24, 2.45) is 5.92 Å². The van der Waals surface area contributed by atoms with Crippen LogP contribution < -0.4 is 4.90 Å². The molecule has 2 fully saturated rings. The third kappa shape index (κ3) is 3.84. The fourth-order valence-corrected chi connectivity index (χ4v) is 4.13. The second-order valence-electron chi connectivity index (χ2n) is 7.50. The largest absolute Gasteiger partial charge is 0.393 e. The summed E-state index contributed by atoms with van der Waals surface area (Å²) < 4.78 is 27.6. The number of piperazine rings is 1. The molecule has 1 saturated carbocycles. The van der Waals surface area contributed by atoms with E-state index in [0.29, 0.717) is 18.4 Å². The van der Waals surface area contributed by atoms with Gasteiger partial charge in [-0.3, -0.25) is 14.5 Å².